The molecule has 1 amide bonds. The molecule has 3 rings (SSSR count). The van der Waals surface area contributed by atoms with E-state index in [-0.39, 0.29) is 24.4 Å². The molecule has 1 fully saturated rings. The van der Waals surface area contributed by atoms with Gasteiger partial charge in [-0.05, 0) is 30.9 Å². The first kappa shape index (κ1) is 14.6. The predicted molar refractivity (Wildman–Crippen MR) is 76.6 cm³/mol. The van der Waals surface area contributed by atoms with Crippen molar-refractivity contribution in [3.8, 4) is 11.5 Å². The van der Waals surface area contributed by atoms with Gasteiger partial charge in [0.25, 0.3) is 5.91 Å². The Morgan fingerprint density at radius 3 is 3.00 bits per heavy atom. The molecular weight excluding hydrogens is 280 g/mol. The quantitative estimate of drug-likeness (QED) is 0.780. The molecule has 0 aliphatic heterocycles. The van der Waals surface area contributed by atoms with Crippen LogP contribution in [0.5, 0.6) is 0 Å². The molecule has 4 N–H and O–H groups in total. The molecule has 2 heterocycles. The number of carbonyl (C=O) groups excluding carboxylic acids is 1. The van der Waals surface area contributed by atoms with Gasteiger partial charge >= 0.3 is 0 Å². The summed E-state index contributed by atoms with van der Waals surface area (Å²) in [6.45, 7) is 0.464. The molecule has 2 aromatic heterocycles. The molecule has 0 radical (unpaired) electrons. The van der Waals surface area contributed by atoms with E-state index >= 15 is 0 Å². The number of nitrogens with two attached hydrogens (primary N) is 1. The maximum atomic E-state index is 12.0. The van der Waals surface area contributed by atoms with Crippen molar-refractivity contribution in [3.05, 3.63) is 30.2 Å². The summed E-state index contributed by atoms with van der Waals surface area (Å²) in [5, 5.41) is 9.72. The van der Waals surface area contributed by atoms with Crippen molar-refractivity contribution in [1.29, 1.82) is 0 Å². The Labute approximate surface area is 122 Å². The highest BCUT2D eigenvalue weighted by atomic mass is 35.5. The summed E-state index contributed by atoms with van der Waals surface area (Å²) in [5.41, 5.74) is 6.70. The lowest BCUT2D eigenvalue weighted by Gasteiger charge is -2.14. The summed E-state index contributed by atoms with van der Waals surface area (Å²) in [6.07, 6.45) is 3.86. The standard InChI is InChI=1S/C13H16N4O2.ClH/c14-7-11(8-3-4-8)15-13(18)10-6-9(16-17-10)12-2-1-5-19-12;/h1-2,5-6,8,11H,3-4,7,14H2,(H,15,18)(H,16,17);1H. The van der Waals surface area contributed by atoms with Crippen LogP contribution in [0, 0.1) is 5.92 Å². The highest BCUT2D eigenvalue weighted by molar-refractivity contribution is 5.93. The Morgan fingerprint density at radius 1 is 1.60 bits per heavy atom. The second kappa shape index (κ2) is 6.11. The van der Waals surface area contributed by atoms with Gasteiger partial charge in [0, 0.05) is 18.7 Å². The highest BCUT2D eigenvalue weighted by Crippen LogP contribution is 2.32. The lowest BCUT2D eigenvalue weighted by Crippen LogP contribution is -2.41. The molecular formula is C13H17ClN4O2. The zero-order valence-electron chi connectivity index (χ0n) is 10.8. The average molecular weight is 297 g/mol. The van der Waals surface area contributed by atoms with E-state index in [9.17, 15) is 4.79 Å². The number of aromatic nitrogens is 2. The molecule has 0 saturated heterocycles. The van der Waals surface area contributed by atoms with Gasteiger partial charge in [-0.3, -0.25) is 9.89 Å². The van der Waals surface area contributed by atoms with Crippen molar-refractivity contribution in [1.82, 2.24) is 15.5 Å². The molecule has 0 spiro atoms. The first-order chi connectivity index (χ1) is 9.28. The van der Waals surface area contributed by atoms with Gasteiger partial charge in [-0.15, -0.1) is 12.4 Å². The molecule has 2 aromatic rings. The third-order valence-corrected chi connectivity index (χ3v) is 3.36. The number of hydrogen-bond acceptors (Lipinski definition) is 4. The predicted octanol–water partition coefficient (Wildman–Crippen LogP) is 1.56. The fourth-order valence-corrected chi connectivity index (χ4v) is 2.11. The number of nitrogens with one attached hydrogen (secondary N) is 2. The van der Waals surface area contributed by atoms with Gasteiger partial charge in [0.1, 0.15) is 5.69 Å². The lowest BCUT2D eigenvalue weighted by molar-refractivity contribution is 0.0928. The second-order valence-corrected chi connectivity index (χ2v) is 4.80. The molecule has 0 bridgehead atoms. The van der Waals surface area contributed by atoms with Crippen LogP contribution in [0.3, 0.4) is 0 Å². The Hall–Kier alpha value is -1.79. The zero-order valence-corrected chi connectivity index (χ0v) is 11.7. The Kier molecular flexibility index (Phi) is 4.46. The Balaban J connectivity index is 0.00000147. The molecule has 6 nitrogen and oxygen atoms in total. The molecule has 108 valence electrons. The number of aromatic amines is 1. The van der Waals surface area contributed by atoms with E-state index in [1.54, 1.807) is 18.4 Å². The fraction of sp³-hybridized carbons (Fsp3) is 0.385. The molecule has 7 heteroatoms. The lowest BCUT2D eigenvalue weighted by atomic mass is 10.2. The van der Waals surface area contributed by atoms with E-state index in [4.69, 9.17) is 10.2 Å². The summed E-state index contributed by atoms with van der Waals surface area (Å²) < 4.78 is 5.24. The van der Waals surface area contributed by atoms with Crippen LogP contribution in [0.2, 0.25) is 0 Å². The first-order valence-corrected chi connectivity index (χ1v) is 6.38. The molecule has 20 heavy (non-hydrogen) atoms. The van der Waals surface area contributed by atoms with E-state index in [0.717, 1.165) is 12.8 Å². The monoisotopic (exact) mass is 296 g/mol. The number of hydrogen-bond donors (Lipinski definition) is 3. The van der Waals surface area contributed by atoms with Crippen LogP contribution in [0.25, 0.3) is 11.5 Å². The third-order valence-electron chi connectivity index (χ3n) is 3.36. The minimum Gasteiger partial charge on any atom is -0.463 e. The van der Waals surface area contributed by atoms with E-state index in [2.05, 4.69) is 15.5 Å². The maximum absolute atomic E-state index is 12.0. The summed E-state index contributed by atoms with van der Waals surface area (Å²) in [6, 6.07) is 5.32. The van der Waals surface area contributed by atoms with Gasteiger partial charge in [0.15, 0.2) is 11.5 Å². The fourth-order valence-electron chi connectivity index (χ4n) is 2.11. The molecule has 1 atom stereocenters. The van der Waals surface area contributed by atoms with E-state index < -0.39 is 0 Å². The van der Waals surface area contributed by atoms with Gasteiger partial charge in [-0.2, -0.15) is 5.10 Å². The Bertz CT molecular complexity index is 563. The zero-order chi connectivity index (χ0) is 13.2. The van der Waals surface area contributed by atoms with Crippen LogP contribution < -0.4 is 11.1 Å². The van der Waals surface area contributed by atoms with Crippen molar-refractivity contribution in [2.24, 2.45) is 11.7 Å². The van der Waals surface area contributed by atoms with Crippen LogP contribution in [0.4, 0.5) is 0 Å². The molecule has 1 saturated carbocycles. The normalized spacial score (nSPS) is 15.4. The number of rotatable bonds is 5. The number of H-pyrrole nitrogens is 1. The summed E-state index contributed by atoms with van der Waals surface area (Å²) >= 11 is 0. The van der Waals surface area contributed by atoms with E-state index in [1.807, 2.05) is 6.07 Å². The molecule has 0 aromatic carbocycles. The summed E-state index contributed by atoms with van der Waals surface area (Å²) in [4.78, 5) is 12.0. The van der Waals surface area contributed by atoms with Crippen LogP contribution >= 0.6 is 12.4 Å². The van der Waals surface area contributed by atoms with Crippen molar-refractivity contribution in [2.75, 3.05) is 6.54 Å². The molecule has 1 aliphatic rings. The number of nitrogens with zero attached hydrogens (tertiary/aromatic N) is 1. The number of halogens is 1. The minimum atomic E-state index is -0.198. The van der Waals surface area contributed by atoms with Crippen molar-refractivity contribution in [3.63, 3.8) is 0 Å². The summed E-state index contributed by atoms with van der Waals surface area (Å²) in [7, 11) is 0. The van der Waals surface area contributed by atoms with Crippen LogP contribution in [-0.2, 0) is 0 Å². The number of carbonyl (C=O) groups is 1. The minimum absolute atomic E-state index is 0. The summed E-state index contributed by atoms with van der Waals surface area (Å²) in [5.74, 6) is 0.984. The van der Waals surface area contributed by atoms with Gasteiger partial charge in [-0.1, -0.05) is 0 Å². The van der Waals surface area contributed by atoms with Crippen LogP contribution in [-0.4, -0.2) is 28.7 Å². The van der Waals surface area contributed by atoms with Crippen LogP contribution in [0.15, 0.2) is 28.9 Å². The smallest absolute Gasteiger partial charge is 0.272 e. The Morgan fingerprint density at radius 2 is 2.40 bits per heavy atom. The van der Waals surface area contributed by atoms with Crippen molar-refractivity contribution >= 4 is 18.3 Å². The largest absolute Gasteiger partial charge is 0.463 e. The average Bonchev–Trinajstić information content (AvgIpc) is 2.95. The van der Waals surface area contributed by atoms with Gasteiger partial charge < -0.3 is 15.5 Å². The number of furan rings is 1. The topological polar surface area (TPSA) is 96.9 Å². The number of amides is 1. The molecule has 1 aliphatic carbocycles. The molecule has 1 unspecified atom stereocenters. The second-order valence-electron chi connectivity index (χ2n) is 4.80. The van der Waals surface area contributed by atoms with E-state index in [1.165, 1.54) is 0 Å². The van der Waals surface area contributed by atoms with Crippen molar-refractivity contribution in [2.45, 2.75) is 18.9 Å². The first-order valence-electron chi connectivity index (χ1n) is 6.38. The van der Waals surface area contributed by atoms with Crippen molar-refractivity contribution < 1.29 is 9.21 Å². The van der Waals surface area contributed by atoms with Gasteiger partial charge in [0.05, 0.1) is 6.26 Å². The van der Waals surface area contributed by atoms with Crippen LogP contribution in [0.1, 0.15) is 23.3 Å². The highest BCUT2D eigenvalue weighted by Gasteiger charge is 2.31. The maximum Gasteiger partial charge on any atom is 0.272 e. The van der Waals surface area contributed by atoms with E-state index in [0.29, 0.717) is 29.6 Å². The van der Waals surface area contributed by atoms with Gasteiger partial charge in [-0.25, -0.2) is 0 Å². The SMILES string of the molecule is Cl.NCC(NC(=O)c1cc(-c2ccco2)[nH]n1)C1CC1. The third kappa shape index (κ3) is 3.02. The van der Waals surface area contributed by atoms with Gasteiger partial charge in [0.2, 0.25) is 0 Å².